The molecule has 42 heavy (non-hydrogen) atoms. The minimum atomic E-state index is 1.12. The molecule has 0 saturated carbocycles. The Hall–Kier alpha value is -5.48. The normalized spacial score (nSPS) is 11.6. The molecule has 0 atom stereocenters. The summed E-state index contributed by atoms with van der Waals surface area (Å²) in [5.74, 6) is 2.24. The second-order valence-corrected chi connectivity index (χ2v) is 10.9. The summed E-state index contributed by atoms with van der Waals surface area (Å²) in [5, 5.41) is 7.54. The molecule has 8 rings (SSSR count). The van der Waals surface area contributed by atoms with Crippen LogP contribution in [0.2, 0.25) is 0 Å². The first kappa shape index (κ1) is 24.3. The first-order chi connectivity index (χ1) is 20.7. The zero-order valence-corrected chi connectivity index (χ0v) is 23.6. The molecule has 0 aliphatic carbocycles. The smallest absolute Gasteiger partial charge is 0.117 e. The topological polar surface area (TPSA) is 16.3 Å². The minimum Gasteiger partial charge on any atom is -0.337 e. The fourth-order valence-electron chi connectivity index (χ4n) is 6.47. The Morgan fingerprint density at radius 1 is 0.405 bits per heavy atom. The Bertz CT molecular complexity index is 2010. The third-order valence-corrected chi connectivity index (χ3v) is 8.42. The van der Waals surface area contributed by atoms with Gasteiger partial charge >= 0.3 is 0 Å². The van der Waals surface area contributed by atoms with Gasteiger partial charge in [0.2, 0.25) is 0 Å². The molecule has 202 valence electrons. The summed E-state index contributed by atoms with van der Waals surface area (Å²) in [6.45, 7) is 0. The van der Waals surface area contributed by atoms with Gasteiger partial charge in [-0.15, -0.1) is 0 Å². The number of hydrogen-bond donors (Lipinski definition) is 0. The predicted octanol–water partition coefficient (Wildman–Crippen LogP) is 10.2. The Kier molecular flexibility index (Phi) is 5.54. The quantitative estimate of drug-likeness (QED) is 0.194. The summed E-state index contributed by atoms with van der Waals surface area (Å²) in [5.41, 5.74) is 4.60. The average Bonchev–Trinajstić information content (AvgIpc) is 3.66. The number of para-hydroxylation sites is 2. The van der Waals surface area contributed by atoms with Crippen LogP contribution >= 0.6 is 0 Å². The van der Waals surface area contributed by atoms with Crippen LogP contribution in [-0.2, 0) is 14.1 Å². The van der Waals surface area contributed by atoms with Crippen LogP contribution in [0, 0.1) is 0 Å². The minimum absolute atomic E-state index is 1.12. The number of aromatic nitrogens is 2. The first-order valence-electron chi connectivity index (χ1n) is 14.3. The van der Waals surface area contributed by atoms with E-state index in [1.165, 1.54) is 32.3 Å². The van der Waals surface area contributed by atoms with Gasteiger partial charge in [-0.3, -0.25) is 9.80 Å². The van der Waals surface area contributed by atoms with Gasteiger partial charge in [-0.25, -0.2) is 0 Å². The van der Waals surface area contributed by atoms with E-state index in [4.69, 9.17) is 0 Å². The molecule has 2 heterocycles. The highest BCUT2D eigenvalue weighted by Crippen LogP contribution is 2.47. The van der Waals surface area contributed by atoms with E-state index in [2.05, 4.69) is 179 Å². The molecule has 2 aromatic heterocycles. The van der Waals surface area contributed by atoms with Crippen LogP contribution < -0.4 is 9.80 Å². The van der Waals surface area contributed by atoms with Crippen LogP contribution in [-0.4, -0.2) is 9.13 Å². The van der Waals surface area contributed by atoms with E-state index in [-0.39, 0.29) is 0 Å². The van der Waals surface area contributed by atoms with Crippen molar-refractivity contribution in [1.82, 2.24) is 9.13 Å². The van der Waals surface area contributed by atoms with Crippen molar-refractivity contribution in [1.29, 1.82) is 0 Å². The molecule has 0 aliphatic rings. The van der Waals surface area contributed by atoms with E-state index in [0.717, 1.165) is 34.4 Å². The summed E-state index contributed by atoms with van der Waals surface area (Å²) in [7, 11) is 4.21. The molecule has 0 unspecified atom stereocenters. The zero-order chi connectivity index (χ0) is 28.2. The van der Waals surface area contributed by atoms with Gasteiger partial charge in [-0.05, 0) is 82.2 Å². The number of aryl methyl sites for hydroxylation is 2. The van der Waals surface area contributed by atoms with Crippen LogP contribution in [0.3, 0.4) is 0 Å². The van der Waals surface area contributed by atoms with E-state index in [1.807, 2.05) is 0 Å². The summed E-state index contributed by atoms with van der Waals surface area (Å²) < 4.78 is 4.36. The van der Waals surface area contributed by atoms with Crippen LogP contribution in [0.15, 0.2) is 146 Å². The molecule has 0 bridgehead atoms. The van der Waals surface area contributed by atoms with Crippen LogP contribution in [0.25, 0.3) is 32.3 Å². The molecular formula is C38H30N4. The van der Waals surface area contributed by atoms with Crippen molar-refractivity contribution in [2.75, 3.05) is 9.80 Å². The maximum Gasteiger partial charge on any atom is 0.117 e. The first-order valence-corrected chi connectivity index (χ1v) is 14.3. The third-order valence-electron chi connectivity index (χ3n) is 8.42. The van der Waals surface area contributed by atoms with Crippen molar-refractivity contribution in [3.8, 4) is 0 Å². The largest absolute Gasteiger partial charge is 0.337 e. The lowest BCUT2D eigenvalue weighted by atomic mass is 9.92. The van der Waals surface area contributed by atoms with Gasteiger partial charge in [-0.1, -0.05) is 72.8 Å². The Morgan fingerprint density at radius 3 is 1.19 bits per heavy atom. The van der Waals surface area contributed by atoms with Gasteiger partial charge in [0.05, 0.1) is 11.4 Å². The number of benzene rings is 6. The summed E-state index contributed by atoms with van der Waals surface area (Å²) in [6.07, 6.45) is 4.21. The van der Waals surface area contributed by atoms with Gasteiger partial charge in [0.25, 0.3) is 0 Å². The molecule has 0 amide bonds. The van der Waals surface area contributed by atoms with Crippen molar-refractivity contribution < 1.29 is 0 Å². The monoisotopic (exact) mass is 542 g/mol. The molecule has 4 nitrogen and oxygen atoms in total. The Labute approximate surface area is 245 Å². The van der Waals surface area contributed by atoms with Gasteiger partial charge in [0, 0.05) is 48.6 Å². The second-order valence-electron chi connectivity index (χ2n) is 10.9. The fourth-order valence-corrected chi connectivity index (χ4v) is 6.47. The SMILES string of the molecule is Cn1cccc1N(c1ccccc1)c1ccc2ccc3c(N(c4ccccc4)c4cccn4C)ccc4ccc1c2c43. The van der Waals surface area contributed by atoms with Gasteiger partial charge < -0.3 is 9.13 Å². The number of rotatable bonds is 6. The lowest BCUT2D eigenvalue weighted by Gasteiger charge is -2.29. The maximum absolute atomic E-state index is 2.37. The molecule has 0 spiro atoms. The van der Waals surface area contributed by atoms with Crippen molar-refractivity contribution in [3.05, 3.63) is 146 Å². The van der Waals surface area contributed by atoms with E-state index in [0.29, 0.717) is 0 Å². The van der Waals surface area contributed by atoms with E-state index in [1.54, 1.807) is 0 Å². The summed E-state index contributed by atoms with van der Waals surface area (Å²) in [4.78, 5) is 4.74. The Balaban J connectivity index is 1.43. The number of hydrogen-bond acceptors (Lipinski definition) is 2. The van der Waals surface area contributed by atoms with Crippen LogP contribution in [0.5, 0.6) is 0 Å². The summed E-state index contributed by atoms with van der Waals surface area (Å²) >= 11 is 0. The molecule has 0 radical (unpaired) electrons. The third kappa shape index (κ3) is 3.69. The molecule has 4 heteroatoms. The zero-order valence-electron chi connectivity index (χ0n) is 23.6. The van der Waals surface area contributed by atoms with E-state index < -0.39 is 0 Å². The van der Waals surface area contributed by atoms with Crippen LogP contribution in [0.4, 0.5) is 34.4 Å². The highest BCUT2D eigenvalue weighted by Gasteiger charge is 2.22. The number of anilines is 6. The van der Waals surface area contributed by atoms with E-state index in [9.17, 15) is 0 Å². The predicted molar refractivity (Wildman–Crippen MR) is 177 cm³/mol. The second kappa shape index (κ2) is 9.57. The molecule has 8 aromatic rings. The lowest BCUT2D eigenvalue weighted by Crippen LogP contribution is -2.14. The molecule has 6 aromatic carbocycles. The van der Waals surface area contributed by atoms with Crippen molar-refractivity contribution in [2.24, 2.45) is 14.1 Å². The van der Waals surface area contributed by atoms with Crippen molar-refractivity contribution in [2.45, 2.75) is 0 Å². The van der Waals surface area contributed by atoms with Crippen LogP contribution in [0.1, 0.15) is 0 Å². The molecule has 0 saturated heterocycles. The van der Waals surface area contributed by atoms with E-state index >= 15 is 0 Å². The van der Waals surface area contributed by atoms with Crippen molar-refractivity contribution in [3.63, 3.8) is 0 Å². The summed E-state index contributed by atoms with van der Waals surface area (Å²) in [6, 6.07) is 48.1. The Morgan fingerprint density at radius 2 is 0.810 bits per heavy atom. The van der Waals surface area contributed by atoms with Gasteiger partial charge in [0.1, 0.15) is 11.6 Å². The lowest BCUT2D eigenvalue weighted by molar-refractivity contribution is 0.913. The maximum atomic E-state index is 2.37. The highest BCUT2D eigenvalue weighted by atomic mass is 15.2. The fraction of sp³-hybridized carbons (Fsp3) is 0.0526. The van der Waals surface area contributed by atoms with Crippen molar-refractivity contribution >= 4 is 66.7 Å². The highest BCUT2D eigenvalue weighted by molar-refractivity contribution is 6.28. The number of nitrogens with zero attached hydrogens (tertiary/aromatic N) is 4. The molecular weight excluding hydrogens is 512 g/mol. The standard InChI is InChI=1S/C38H30N4/c1-39-25-9-15-35(39)41(29-11-5-3-6-12-29)33-23-19-27-18-22-32-34(24-20-28-17-21-31(33)37(27)38(28)32)42(30-13-7-4-8-14-30)36-16-10-26-40(36)2/h3-26H,1-2H3. The average molecular weight is 543 g/mol. The van der Waals surface area contributed by atoms with Gasteiger partial charge in [-0.2, -0.15) is 0 Å². The molecule has 0 N–H and O–H groups in total. The molecule has 0 aliphatic heterocycles. The molecule has 0 fully saturated rings. The van der Waals surface area contributed by atoms with Gasteiger partial charge in [0.15, 0.2) is 0 Å².